The molecule has 0 bridgehead atoms. The van der Waals surface area contributed by atoms with Crippen LogP contribution in [0.2, 0.25) is 0 Å². The molecule has 0 N–H and O–H groups in total. The fraction of sp³-hybridized carbons (Fsp3) is 0.615. The van der Waals surface area contributed by atoms with Crippen LogP contribution in [-0.4, -0.2) is 47.4 Å². The van der Waals surface area contributed by atoms with Crippen LogP contribution in [0, 0.1) is 5.92 Å². The van der Waals surface area contributed by atoms with E-state index in [0.717, 1.165) is 4.68 Å². The Bertz CT molecular complexity index is 482. The summed E-state index contributed by atoms with van der Waals surface area (Å²) >= 11 is 0. The van der Waals surface area contributed by atoms with Crippen molar-refractivity contribution in [2.24, 2.45) is 13.0 Å². The molecule has 0 unspecified atom stereocenters. The maximum atomic E-state index is 12.3. The number of carbonyl (C=O) groups excluding carboxylic acids is 1. The summed E-state index contributed by atoms with van der Waals surface area (Å²) in [6.45, 7) is 5.71. The van der Waals surface area contributed by atoms with Gasteiger partial charge in [0.2, 0.25) is 0 Å². The molecular formula is C13H21N3O3. The van der Waals surface area contributed by atoms with Crippen LogP contribution in [0.1, 0.15) is 24.3 Å². The van der Waals surface area contributed by atoms with E-state index in [1.807, 2.05) is 13.8 Å². The van der Waals surface area contributed by atoms with Crippen molar-refractivity contribution in [3.63, 3.8) is 0 Å². The van der Waals surface area contributed by atoms with Crippen molar-refractivity contribution in [2.45, 2.75) is 13.8 Å². The van der Waals surface area contributed by atoms with Crippen molar-refractivity contribution < 1.29 is 9.53 Å². The zero-order valence-electron chi connectivity index (χ0n) is 11.9. The Balaban J connectivity index is 2.90. The van der Waals surface area contributed by atoms with Crippen LogP contribution in [0.4, 0.5) is 0 Å². The highest BCUT2D eigenvalue weighted by Gasteiger charge is 2.18. The van der Waals surface area contributed by atoms with Crippen molar-refractivity contribution >= 4 is 5.91 Å². The highest BCUT2D eigenvalue weighted by atomic mass is 16.5. The van der Waals surface area contributed by atoms with E-state index in [-0.39, 0.29) is 17.2 Å². The normalized spacial score (nSPS) is 10.8. The lowest BCUT2D eigenvalue weighted by molar-refractivity contribution is 0.0664. The van der Waals surface area contributed by atoms with E-state index in [2.05, 4.69) is 5.10 Å². The van der Waals surface area contributed by atoms with Gasteiger partial charge in [-0.25, -0.2) is 4.68 Å². The van der Waals surface area contributed by atoms with E-state index in [0.29, 0.717) is 25.6 Å². The van der Waals surface area contributed by atoms with Crippen LogP contribution in [0.25, 0.3) is 0 Å². The van der Waals surface area contributed by atoms with Crippen LogP contribution < -0.4 is 5.56 Å². The molecule has 0 saturated heterocycles. The van der Waals surface area contributed by atoms with Crippen LogP contribution in [0.5, 0.6) is 0 Å². The van der Waals surface area contributed by atoms with Crippen LogP contribution in [-0.2, 0) is 11.8 Å². The van der Waals surface area contributed by atoms with Gasteiger partial charge in [0, 0.05) is 33.3 Å². The molecule has 1 aromatic rings. The second-order valence-corrected chi connectivity index (χ2v) is 4.82. The lowest BCUT2D eigenvalue weighted by Crippen LogP contribution is -2.38. The van der Waals surface area contributed by atoms with Gasteiger partial charge in [0.1, 0.15) is 5.69 Å². The molecule has 0 atom stereocenters. The number of methoxy groups -OCH3 is 1. The number of ether oxygens (including phenoxy) is 1. The van der Waals surface area contributed by atoms with Gasteiger partial charge < -0.3 is 9.64 Å². The number of aryl methyl sites for hydroxylation is 1. The standard InChI is InChI=1S/C13H21N3O3/c1-10(2)9-16(7-8-19-4)13(18)11-5-6-12(17)15(3)14-11/h5-6,10H,7-9H2,1-4H3. The van der Waals surface area contributed by atoms with E-state index in [4.69, 9.17) is 4.74 Å². The SMILES string of the molecule is COCCN(CC(C)C)C(=O)c1ccc(=O)n(C)n1. The average Bonchev–Trinajstić information content (AvgIpc) is 2.36. The topological polar surface area (TPSA) is 64.4 Å². The molecule has 19 heavy (non-hydrogen) atoms. The molecule has 0 aromatic carbocycles. The fourth-order valence-electron chi connectivity index (χ4n) is 1.70. The van der Waals surface area contributed by atoms with Gasteiger partial charge in [-0.05, 0) is 12.0 Å². The zero-order valence-corrected chi connectivity index (χ0v) is 11.9. The first kappa shape index (κ1) is 15.4. The molecule has 0 aliphatic heterocycles. The first-order chi connectivity index (χ1) is 8.95. The van der Waals surface area contributed by atoms with Crippen molar-refractivity contribution in [2.75, 3.05) is 26.8 Å². The molecule has 1 heterocycles. The van der Waals surface area contributed by atoms with Crippen molar-refractivity contribution in [3.8, 4) is 0 Å². The molecule has 0 aliphatic rings. The molecule has 6 nitrogen and oxygen atoms in total. The van der Waals surface area contributed by atoms with Crippen LogP contribution in [0.3, 0.4) is 0 Å². The molecule has 0 spiro atoms. The molecule has 0 aliphatic carbocycles. The third kappa shape index (κ3) is 4.48. The van der Waals surface area contributed by atoms with Crippen molar-refractivity contribution in [3.05, 3.63) is 28.2 Å². The molecule has 1 amide bonds. The van der Waals surface area contributed by atoms with E-state index in [9.17, 15) is 9.59 Å². The molecular weight excluding hydrogens is 246 g/mol. The van der Waals surface area contributed by atoms with Gasteiger partial charge in [0.15, 0.2) is 0 Å². The summed E-state index contributed by atoms with van der Waals surface area (Å²) < 4.78 is 6.18. The van der Waals surface area contributed by atoms with E-state index >= 15 is 0 Å². The Labute approximate surface area is 113 Å². The highest BCUT2D eigenvalue weighted by molar-refractivity contribution is 5.92. The smallest absolute Gasteiger partial charge is 0.274 e. The maximum absolute atomic E-state index is 12.3. The van der Waals surface area contributed by atoms with Gasteiger partial charge in [0.25, 0.3) is 11.5 Å². The molecule has 1 aromatic heterocycles. The summed E-state index contributed by atoms with van der Waals surface area (Å²) in [5.74, 6) is 0.176. The van der Waals surface area contributed by atoms with Gasteiger partial charge in [-0.15, -0.1) is 0 Å². The number of amides is 1. The predicted molar refractivity (Wildman–Crippen MR) is 72.1 cm³/mol. The second kappa shape index (κ2) is 7.04. The van der Waals surface area contributed by atoms with Gasteiger partial charge in [-0.3, -0.25) is 9.59 Å². The molecule has 106 valence electrons. The van der Waals surface area contributed by atoms with Gasteiger partial charge in [-0.1, -0.05) is 13.8 Å². The summed E-state index contributed by atoms with van der Waals surface area (Å²) in [7, 11) is 3.13. The predicted octanol–water partition coefficient (Wildman–Crippen LogP) is 0.525. The van der Waals surface area contributed by atoms with Crippen molar-refractivity contribution in [1.29, 1.82) is 0 Å². The van der Waals surface area contributed by atoms with E-state index in [1.165, 1.54) is 19.2 Å². The molecule has 0 fully saturated rings. The number of hydrogen-bond acceptors (Lipinski definition) is 4. The van der Waals surface area contributed by atoms with Crippen LogP contribution >= 0.6 is 0 Å². The lowest BCUT2D eigenvalue weighted by Gasteiger charge is -2.23. The second-order valence-electron chi connectivity index (χ2n) is 4.82. The molecule has 1 rings (SSSR count). The van der Waals surface area contributed by atoms with Gasteiger partial charge in [-0.2, -0.15) is 5.10 Å². The quantitative estimate of drug-likeness (QED) is 0.754. The minimum atomic E-state index is -0.233. The number of carbonyl (C=O) groups is 1. The Morgan fingerprint density at radius 2 is 2.16 bits per heavy atom. The minimum absolute atomic E-state index is 0.179. The number of aromatic nitrogens is 2. The lowest BCUT2D eigenvalue weighted by atomic mass is 10.2. The summed E-state index contributed by atoms with van der Waals surface area (Å²) in [6.07, 6.45) is 0. The van der Waals surface area contributed by atoms with Gasteiger partial charge in [0.05, 0.1) is 6.61 Å². The fourth-order valence-corrected chi connectivity index (χ4v) is 1.70. The van der Waals surface area contributed by atoms with E-state index < -0.39 is 0 Å². The largest absolute Gasteiger partial charge is 0.383 e. The summed E-state index contributed by atoms with van der Waals surface area (Å²) in [6, 6.07) is 2.81. The zero-order chi connectivity index (χ0) is 14.4. The van der Waals surface area contributed by atoms with E-state index in [1.54, 1.807) is 12.0 Å². The minimum Gasteiger partial charge on any atom is -0.383 e. The Kier molecular flexibility index (Phi) is 5.69. The third-order valence-corrected chi connectivity index (χ3v) is 2.62. The first-order valence-electron chi connectivity index (χ1n) is 6.28. The molecule has 0 saturated carbocycles. The number of rotatable bonds is 6. The van der Waals surface area contributed by atoms with Gasteiger partial charge >= 0.3 is 0 Å². The van der Waals surface area contributed by atoms with Crippen LogP contribution in [0.15, 0.2) is 16.9 Å². The first-order valence-corrected chi connectivity index (χ1v) is 6.28. The third-order valence-electron chi connectivity index (χ3n) is 2.62. The summed E-state index contributed by atoms with van der Waals surface area (Å²) in [5, 5.41) is 3.98. The monoisotopic (exact) mass is 267 g/mol. The molecule has 0 radical (unpaired) electrons. The average molecular weight is 267 g/mol. The van der Waals surface area contributed by atoms with Crippen molar-refractivity contribution in [1.82, 2.24) is 14.7 Å². The maximum Gasteiger partial charge on any atom is 0.274 e. The highest BCUT2D eigenvalue weighted by Crippen LogP contribution is 2.04. The summed E-state index contributed by atoms with van der Waals surface area (Å²) in [4.78, 5) is 25.3. The Morgan fingerprint density at radius 1 is 1.47 bits per heavy atom. The Morgan fingerprint density at radius 3 is 2.68 bits per heavy atom. The summed E-state index contributed by atoms with van der Waals surface area (Å²) in [5.41, 5.74) is 0.0442. The molecule has 6 heteroatoms. The number of nitrogens with zero attached hydrogens (tertiary/aromatic N) is 3. The Hall–Kier alpha value is -1.69. The number of hydrogen-bond donors (Lipinski definition) is 0.